The van der Waals surface area contributed by atoms with Crippen LogP contribution < -0.4 is 9.64 Å². The molecule has 1 aromatic carbocycles. The number of carbonyl (C=O) groups excluding carboxylic acids is 1. The number of likely N-dealkylation sites (tertiary alicyclic amines) is 1. The van der Waals surface area contributed by atoms with Crippen LogP contribution >= 0.6 is 27.5 Å². The van der Waals surface area contributed by atoms with Crippen molar-refractivity contribution in [1.29, 1.82) is 0 Å². The number of hydrogen-bond donors (Lipinski definition) is 0. The van der Waals surface area contributed by atoms with Crippen molar-refractivity contribution in [2.45, 2.75) is 37.6 Å². The maximum Gasteiger partial charge on any atom is 0.410 e. The Balaban J connectivity index is 1.87. The largest absolute Gasteiger partial charge is 0.491 e. The zero-order chi connectivity index (χ0) is 24.5. The Bertz CT molecular complexity index is 1270. The zero-order valence-corrected chi connectivity index (χ0v) is 21.8. The quantitative estimate of drug-likeness (QED) is 0.381. The molecule has 2 aliphatic heterocycles. The van der Waals surface area contributed by atoms with Gasteiger partial charge in [0.25, 0.3) is 0 Å². The summed E-state index contributed by atoms with van der Waals surface area (Å²) in [6, 6.07) is -0.290. The topological polar surface area (TPSA) is 102 Å². The van der Waals surface area contributed by atoms with Crippen molar-refractivity contribution in [1.82, 2.24) is 14.9 Å². The number of benzene rings is 1. The van der Waals surface area contributed by atoms with Crippen LogP contribution in [0.15, 0.2) is 9.63 Å². The second-order valence-electron chi connectivity index (χ2n) is 9.23. The molecule has 2 aliphatic rings. The van der Waals surface area contributed by atoms with Gasteiger partial charge in [0, 0.05) is 32.3 Å². The number of halogens is 3. The lowest BCUT2D eigenvalue weighted by molar-refractivity contribution is 0.0284. The zero-order valence-electron chi connectivity index (χ0n) is 18.6. The molecule has 0 aliphatic carbocycles. The summed E-state index contributed by atoms with van der Waals surface area (Å²) in [6.07, 6.45) is 0.490. The third-order valence-corrected chi connectivity index (χ3v) is 7.73. The molecule has 1 aromatic heterocycles. The first-order valence-corrected chi connectivity index (χ1v) is 13.2. The van der Waals surface area contributed by atoms with Crippen LogP contribution in [-0.4, -0.2) is 74.0 Å². The first kappa shape index (κ1) is 24.2. The molecule has 0 radical (unpaired) electrons. The molecule has 3 heterocycles. The lowest BCUT2D eigenvalue weighted by atomic mass is 10.0. The summed E-state index contributed by atoms with van der Waals surface area (Å²) >= 11 is 9.50. The van der Waals surface area contributed by atoms with Crippen molar-refractivity contribution < 1.29 is 27.1 Å². The lowest BCUT2D eigenvalue weighted by Crippen LogP contribution is -2.42. The van der Waals surface area contributed by atoms with Crippen LogP contribution in [0.1, 0.15) is 20.8 Å². The minimum atomic E-state index is -3.86. The van der Waals surface area contributed by atoms with Gasteiger partial charge in [-0.2, -0.15) is 0 Å². The highest BCUT2D eigenvalue weighted by Crippen LogP contribution is 2.46. The van der Waals surface area contributed by atoms with Gasteiger partial charge < -0.3 is 19.3 Å². The molecule has 4 rings (SSSR count). The highest BCUT2D eigenvalue weighted by Gasteiger charge is 2.42. The third kappa shape index (κ3) is 4.32. The van der Waals surface area contributed by atoms with Gasteiger partial charge in [-0.1, -0.05) is 11.6 Å². The molecule has 9 nitrogen and oxygen atoms in total. The Morgan fingerprint density at radius 3 is 2.58 bits per heavy atom. The van der Waals surface area contributed by atoms with E-state index < -0.39 is 32.5 Å². The number of hydrogen-bond acceptors (Lipinski definition) is 8. The van der Waals surface area contributed by atoms with Crippen LogP contribution in [0.4, 0.5) is 15.0 Å². The van der Waals surface area contributed by atoms with E-state index in [1.807, 2.05) is 0 Å². The molecular formula is C20H23BrClFN4O5S. The van der Waals surface area contributed by atoms with Crippen LogP contribution in [0.3, 0.4) is 0 Å². The van der Waals surface area contributed by atoms with E-state index in [0.717, 1.165) is 6.26 Å². The molecule has 2 unspecified atom stereocenters. The first-order chi connectivity index (χ1) is 15.2. The van der Waals surface area contributed by atoms with E-state index in [1.54, 1.807) is 37.6 Å². The summed E-state index contributed by atoms with van der Waals surface area (Å²) in [5.41, 5.74) is -0.878. The summed E-state index contributed by atoms with van der Waals surface area (Å²) in [5.74, 6) is -0.675. The molecule has 0 bridgehead atoms. The Kier molecular flexibility index (Phi) is 5.93. The number of rotatable bonds is 1. The minimum Gasteiger partial charge on any atom is -0.491 e. The highest BCUT2D eigenvalue weighted by atomic mass is 79.9. The second-order valence-corrected chi connectivity index (χ2v) is 12.3. The average molecular weight is 566 g/mol. The number of carbonyl (C=O) groups is 1. The van der Waals surface area contributed by atoms with E-state index in [-0.39, 0.29) is 50.5 Å². The third-order valence-electron chi connectivity index (χ3n) is 5.55. The Morgan fingerprint density at radius 2 is 1.97 bits per heavy atom. The predicted molar refractivity (Wildman–Crippen MR) is 124 cm³/mol. The number of ether oxygens (including phenoxy) is 2. The number of amides is 1. The normalized spacial score (nSPS) is 20.8. The van der Waals surface area contributed by atoms with Gasteiger partial charge in [-0.3, -0.25) is 0 Å². The van der Waals surface area contributed by atoms with Crippen LogP contribution in [0.2, 0.25) is 5.02 Å². The maximum atomic E-state index is 15.1. The van der Waals surface area contributed by atoms with Gasteiger partial charge in [0.1, 0.15) is 22.0 Å². The van der Waals surface area contributed by atoms with Crippen LogP contribution in [0.5, 0.6) is 5.75 Å². The van der Waals surface area contributed by atoms with E-state index in [2.05, 4.69) is 25.9 Å². The molecule has 1 fully saturated rings. The van der Waals surface area contributed by atoms with Gasteiger partial charge in [-0.25, -0.2) is 27.6 Å². The first-order valence-electron chi connectivity index (χ1n) is 10.1. The lowest BCUT2D eigenvalue weighted by Gasteiger charge is -2.33. The van der Waals surface area contributed by atoms with Gasteiger partial charge >= 0.3 is 6.09 Å². The van der Waals surface area contributed by atoms with Crippen LogP contribution in [0, 0.1) is 11.7 Å². The summed E-state index contributed by atoms with van der Waals surface area (Å²) in [5, 5.41) is -0.356. The molecule has 1 saturated heterocycles. The highest BCUT2D eigenvalue weighted by molar-refractivity contribution is 9.10. The van der Waals surface area contributed by atoms with Crippen LogP contribution in [-0.2, 0) is 14.6 Å². The number of anilines is 1. The predicted octanol–water partition coefficient (Wildman–Crippen LogP) is 3.65. The van der Waals surface area contributed by atoms with Gasteiger partial charge in [0.2, 0.25) is 15.0 Å². The maximum absolute atomic E-state index is 15.1. The molecule has 0 saturated carbocycles. The molecule has 0 N–H and O–H groups in total. The van der Waals surface area contributed by atoms with Crippen molar-refractivity contribution >= 4 is 60.2 Å². The van der Waals surface area contributed by atoms with Crippen LogP contribution in [0.25, 0.3) is 10.9 Å². The molecule has 2 atom stereocenters. The fourth-order valence-corrected chi connectivity index (χ4v) is 5.15. The summed E-state index contributed by atoms with van der Waals surface area (Å²) < 4.78 is 51.1. The monoisotopic (exact) mass is 564 g/mol. The summed E-state index contributed by atoms with van der Waals surface area (Å²) in [6.45, 7) is 6.19. The van der Waals surface area contributed by atoms with Crippen molar-refractivity contribution in [3.63, 3.8) is 0 Å². The summed E-state index contributed by atoms with van der Waals surface area (Å²) in [4.78, 5) is 24.2. The van der Waals surface area contributed by atoms with Crippen molar-refractivity contribution in [3.8, 4) is 5.75 Å². The standard InChI is InChI=1S/C20H23BrClFN4O5S/c1-20(2,3)32-19(28)27-6-9-8-31-16-11-15(14(23)12(21)13(16)22)24-18(33(5,29)30)25-17(11)26(4)10(9)7-27/h9-10H,6-8H2,1-5H3. The molecule has 2 aromatic rings. The number of likely N-dealkylation sites (N-methyl/N-ethyl adjacent to an activating group) is 1. The van der Waals surface area contributed by atoms with Gasteiger partial charge in [0.15, 0.2) is 11.6 Å². The Labute approximate surface area is 204 Å². The Morgan fingerprint density at radius 1 is 1.30 bits per heavy atom. The van der Waals surface area contributed by atoms with E-state index in [9.17, 15) is 13.2 Å². The fourth-order valence-electron chi connectivity index (χ4n) is 4.04. The van der Waals surface area contributed by atoms with Crippen molar-refractivity contribution in [3.05, 3.63) is 15.3 Å². The van der Waals surface area contributed by atoms with Gasteiger partial charge in [-0.15, -0.1) is 0 Å². The minimum absolute atomic E-state index is 0.00852. The van der Waals surface area contributed by atoms with E-state index in [0.29, 0.717) is 13.1 Å². The average Bonchev–Trinajstić information content (AvgIpc) is 3.12. The molecule has 13 heteroatoms. The molecule has 180 valence electrons. The second kappa shape index (κ2) is 8.09. The number of nitrogens with zero attached hydrogens (tertiary/aromatic N) is 4. The molecule has 33 heavy (non-hydrogen) atoms. The summed E-state index contributed by atoms with van der Waals surface area (Å²) in [7, 11) is -2.14. The van der Waals surface area contributed by atoms with Gasteiger partial charge in [-0.05, 0) is 36.7 Å². The van der Waals surface area contributed by atoms with Crippen molar-refractivity contribution in [2.24, 2.45) is 5.92 Å². The molecule has 0 spiro atoms. The number of aromatic nitrogens is 2. The molecule has 1 amide bonds. The Hall–Kier alpha value is -1.92. The SMILES string of the molecule is CN1c2nc(S(C)(=O)=O)nc3c(F)c(Br)c(Cl)c(c23)OCC2CN(C(=O)OC(C)(C)C)CC21. The fraction of sp³-hybridized carbons (Fsp3) is 0.550. The van der Waals surface area contributed by atoms with E-state index in [4.69, 9.17) is 21.1 Å². The molecular weight excluding hydrogens is 543 g/mol. The van der Waals surface area contributed by atoms with Gasteiger partial charge in [0.05, 0.1) is 22.5 Å². The van der Waals surface area contributed by atoms with E-state index >= 15 is 4.39 Å². The number of fused-ring (bicyclic) bond motifs is 1. The number of sulfone groups is 1. The van der Waals surface area contributed by atoms with E-state index in [1.165, 1.54) is 0 Å². The van der Waals surface area contributed by atoms with Crippen molar-refractivity contribution in [2.75, 3.05) is 37.9 Å². The smallest absolute Gasteiger partial charge is 0.410 e.